The van der Waals surface area contributed by atoms with Gasteiger partial charge >= 0.3 is 6.18 Å². The third kappa shape index (κ3) is 10.7. The molecule has 1 amide bonds. The van der Waals surface area contributed by atoms with Crippen LogP contribution in [-0.4, -0.2) is 37.9 Å². The van der Waals surface area contributed by atoms with Crippen molar-refractivity contribution in [1.82, 2.24) is 5.32 Å². The Morgan fingerprint density at radius 3 is 2.57 bits per heavy atom. The molecule has 0 radical (unpaired) electrons. The van der Waals surface area contributed by atoms with E-state index in [4.69, 9.17) is 4.74 Å². The van der Waals surface area contributed by atoms with Crippen LogP contribution in [0, 0.1) is 0 Å². The Morgan fingerprint density at radius 1 is 1.22 bits per heavy atom. The zero-order valence-electron chi connectivity index (χ0n) is 13.1. The van der Waals surface area contributed by atoms with Gasteiger partial charge in [-0.1, -0.05) is 30.3 Å². The molecule has 0 bridgehead atoms. The van der Waals surface area contributed by atoms with Gasteiger partial charge in [-0.05, 0) is 18.9 Å². The number of carbonyl (C=O) groups excluding carboxylic acids is 1. The maximum Gasteiger partial charge on any atom is 0.411 e. The quantitative estimate of drug-likeness (QED) is 0.670. The molecule has 0 spiro atoms. The summed E-state index contributed by atoms with van der Waals surface area (Å²) in [6, 6.07) is 9.22. The molecule has 0 aliphatic rings. The highest BCUT2D eigenvalue weighted by Gasteiger charge is 2.27. The first kappa shape index (κ1) is 19.4. The second-order valence-corrected chi connectivity index (χ2v) is 5.24. The second-order valence-electron chi connectivity index (χ2n) is 5.24. The minimum absolute atomic E-state index is 0.171. The molecule has 0 saturated carbocycles. The lowest BCUT2D eigenvalue weighted by atomic mass is 10.2. The highest BCUT2D eigenvalue weighted by molar-refractivity contribution is 5.76. The maximum absolute atomic E-state index is 11.9. The van der Waals surface area contributed by atoms with Gasteiger partial charge in [-0.25, -0.2) is 0 Å². The first-order chi connectivity index (χ1) is 10.9. The molecule has 7 heteroatoms. The van der Waals surface area contributed by atoms with Crippen LogP contribution in [0.2, 0.25) is 0 Å². The van der Waals surface area contributed by atoms with Crippen LogP contribution < -0.4 is 5.32 Å². The Kier molecular flexibility index (Phi) is 8.65. The molecule has 1 aromatic rings. The summed E-state index contributed by atoms with van der Waals surface area (Å²) in [4.78, 5) is 11.6. The van der Waals surface area contributed by atoms with Crippen molar-refractivity contribution < 1.29 is 27.4 Å². The average molecular weight is 333 g/mol. The number of alkyl halides is 3. The van der Waals surface area contributed by atoms with Gasteiger partial charge in [0.15, 0.2) is 0 Å². The van der Waals surface area contributed by atoms with Crippen LogP contribution in [0.25, 0.3) is 0 Å². The summed E-state index contributed by atoms with van der Waals surface area (Å²) in [5.41, 5.74) is 1.06. The molecule has 4 nitrogen and oxygen atoms in total. The summed E-state index contributed by atoms with van der Waals surface area (Å²) < 4.78 is 45.6. The number of hydrogen-bond donors (Lipinski definition) is 1. The third-order valence-corrected chi connectivity index (χ3v) is 2.85. The number of halogens is 3. The van der Waals surface area contributed by atoms with Gasteiger partial charge in [-0.3, -0.25) is 4.79 Å². The Morgan fingerprint density at radius 2 is 1.91 bits per heavy atom. The van der Waals surface area contributed by atoms with Crippen molar-refractivity contribution in [2.45, 2.75) is 38.6 Å². The molecule has 23 heavy (non-hydrogen) atoms. The Balaban J connectivity index is 2.03. The second kappa shape index (κ2) is 10.2. The lowest BCUT2D eigenvalue weighted by Crippen LogP contribution is -2.36. The summed E-state index contributed by atoms with van der Waals surface area (Å²) >= 11 is 0. The van der Waals surface area contributed by atoms with Crippen LogP contribution in [0.1, 0.15) is 25.3 Å². The summed E-state index contributed by atoms with van der Waals surface area (Å²) in [7, 11) is 0. The van der Waals surface area contributed by atoms with E-state index < -0.39 is 18.8 Å². The molecule has 0 aliphatic carbocycles. The van der Waals surface area contributed by atoms with Gasteiger partial charge in [-0.15, -0.1) is 0 Å². The Labute approximate surface area is 134 Å². The monoisotopic (exact) mass is 333 g/mol. The molecule has 1 aromatic carbocycles. The lowest BCUT2D eigenvalue weighted by molar-refractivity contribution is -0.175. The average Bonchev–Trinajstić information content (AvgIpc) is 2.46. The molecular formula is C16H22F3NO3. The number of nitrogens with one attached hydrogen (secondary N) is 1. The van der Waals surface area contributed by atoms with Crippen molar-refractivity contribution in [2.75, 3.05) is 19.8 Å². The minimum Gasteiger partial charge on any atom is -0.377 e. The zero-order chi connectivity index (χ0) is 17.1. The van der Waals surface area contributed by atoms with E-state index in [2.05, 4.69) is 10.1 Å². The van der Waals surface area contributed by atoms with E-state index in [1.807, 2.05) is 30.3 Å². The number of hydrogen-bond acceptors (Lipinski definition) is 3. The predicted molar refractivity (Wildman–Crippen MR) is 79.8 cm³/mol. The molecule has 1 unspecified atom stereocenters. The number of carbonyl (C=O) groups is 1. The van der Waals surface area contributed by atoms with E-state index in [0.29, 0.717) is 19.6 Å². The van der Waals surface area contributed by atoms with E-state index in [9.17, 15) is 18.0 Å². The van der Waals surface area contributed by atoms with Crippen LogP contribution in [0.3, 0.4) is 0 Å². The van der Waals surface area contributed by atoms with E-state index >= 15 is 0 Å². The van der Waals surface area contributed by atoms with Crippen LogP contribution in [-0.2, 0) is 20.9 Å². The van der Waals surface area contributed by atoms with Crippen LogP contribution in [0.5, 0.6) is 0 Å². The van der Waals surface area contributed by atoms with Crippen molar-refractivity contribution >= 4 is 5.91 Å². The topological polar surface area (TPSA) is 47.6 Å². The fourth-order valence-electron chi connectivity index (χ4n) is 1.84. The molecule has 0 saturated heterocycles. The van der Waals surface area contributed by atoms with Crippen LogP contribution in [0.15, 0.2) is 30.3 Å². The first-order valence-electron chi connectivity index (χ1n) is 7.42. The normalized spacial score (nSPS) is 12.9. The van der Waals surface area contributed by atoms with Crippen molar-refractivity contribution in [1.29, 1.82) is 0 Å². The molecule has 0 aromatic heterocycles. The smallest absolute Gasteiger partial charge is 0.377 e. The van der Waals surface area contributed by atoms with Crippen molar-refractivity contribution in [3.05, 3.63) is 35.9 Å². The van der Waals surface area contributed by atoms with Gasteiger partial charge in [0, 0.05) is 19.1 Å². The number of benzene rings is 1. The largest absolute Gasteiger partial charge is 0.411 e. The summed E-state index contributed by atoms with van der Waals surface area (Å²) in [5, 5.41) is 2.59. The van der Waals surface area contributed by atoms with E-state index in [0.717, 1.165) is 5.56 Å². The minimum atomic E-state index is -4.35. The molecule has 1 rings (SSSR count). The van der Waals surface area contributed by atoms with Crippen molar-refractivity contribution in [2.24, 2.45) is 0 Å². The summed E-state index contributed by atoms with van der Waals surface area (Å²) in [6.07, 6.45) is -3.53. The van der Waals surface area contributed by atoms with E-state index in [-0.39, 0.29) is 18.9 Å². The molecule has 0 aliphatic heterocycles. The van der Waals surface area contributed by atoms with Gasteiger partial charge in [0.05, 0.1) is 13.2 Å². The standard InChI is InChI=1S/C16H22F3NO3/c1-13(10-23-12-16(17,18)19)20-15(21)8-5-9-22-11-14-6-3-2-4-7-14/h2-4,6-7,13H,5,8-12H2,1H3,(H,20,21). The third-order valence-electron chi connectivity index (χ3n) is 2.85. The molecule has 0 fully saturated rings. The van der Waals surface area contributed by atoms with Gasteiger partial charge in [0.1, 0.15) is 6.61 Å². The summed E-state index contributed by atoms with van der Waals surface area (Å²) in [6.45, 7) is 1.06. The fourth-order valence-corrected chi connectivity index (χ4v) is 1.84. The van der Waals surface area contributed by atoms with Gasteiger partial charge in [-0.2, -0.15) is 13.2 Å². The molecule has 1 N–H and O–H groups in total. The summed E-state index contributed by atoms with van der Waals surface area (Å²) in [5.74, 6) is -0.226. The molecule has 130 valence electrons. The zero-order valence-corrected chi connectivity index (χ0v) is 13.1. The van der Waals surface area contributed by atoms with E-state index in [1.165, 1.54) is 0 Å². The maximum atomic E-state index is 11.9. The Bertz CT molecular complexity index is 452. The van der Waals surface area contributed by atoms with E-state index in [1.54, 1.807) is 6.92 Å². The fraction of sp³-hybridized carbons (Fsp3) is 0.562. The van der Waals surface area contributed by atoms with Crippen molar-refractivity contribution in [3.63, 3.8) is 0 Å². The Hall–Kier alpha value is -1.60. The lowest BCUT2D eigenvalue weighted by Gasteiger charge is -2.15. The van der Waals surface area contributed by atoms with Gasteiger partial charge in [0.25, 0.3) is 0 Å². The number of amides is 1. The van der Waals surface area contributed by atoms with Gasteiger partial charge in [0.2, 0.25) is 5.91 Å². The highest BCUT2D eigenvalue weighted by atomic mass is 19.4. The molecule has 1 atom stereocenters. The number of ether oxygens (including phenoxy) is 2. The van der Waals surface area contributed by atoms with Crippen LogP contribution in [0.4, 0.5) is 13.2 Å². The van der Waals surface area contributed by atoms with Gasteiger partial charge < -0.3 is 14.8 Å². The SMILES string of the molecule is CC(COCC(F)(F)F)NC(=O)CCCOCc1ccccc1. The highest BCUT2D eigenvalue weighted by Crippen LogP contribution is 2.14. The van der Waals surface area contributed by atoms with Crippen molar-refractivity contribution in [3.8, 4) is 0 Å². The number of rotatable bonds is 10. The predicted octanol–water partition coefficient (Wildman–Crippen LogP) is 3.07. The first-order valence-corrected chi connectivity index (χ1v) is 7.42. The van der Waals surface area contributed by atoms with Crippen LogP contribution >= 0.6 is 0 Å². The molecule has 0 heterocycles. The molecular weight excluding hydrogens is 311 g/mol.